The van der Waals surface area contributed by atoms with Gasteiger partial charge in [0.05, 0.1) is 10.6 Å². The molecule has 0 spiro atoms. The highest BCUT2D eigenvalue weighted by molar-refractivity contribution is 8.00. The number of nitrogens with one attached hydrogen (secondary N) is 1. The minimum Gasteiger partial charge on any atom is -0.478 e. The number of fused-ring (bicyclic) bond motifs is 6. The molecule has 5 rings (SSSR count). The molecule has 0 unspecified atom stereocenters. The third kappa shape index (κ3) is 1.99. The molecule has 1 aromatic heterocycles. The van der Waals surface area contributed by atoms with Gasteiger partial charge in [0.2, 0.25) is 0 Å². The van der Waals surface area contributed by atoms with Crippen molar-refractivity contribution < 1.29 is 9.90 Å². The van der Waals surface area contributed by atoms with Gasteiger partial charge >= 0.3 is 10.8 Å². The molecule has 2 aliphatic carbocycles. The Morgan fingerprint density at radius 3 is 2.83 bits per heavy atom. The van der Waals surface area contributed by atoms with Crippen LogP contribution < -0.4 is 4.87 Å². The fraction of sp³-hybridized carbons (Fsp3) is 0.444. The molecule has 2 aromatic rings. The summed E-state index contributed by atoms with van der Waals surface area (Å²) in [6, 6.07) is 7.34. The fourth-order valence-electron chi connectivity index (χ4n) is 5.16. The lowest BCUT2D eigenvalue weighted by molar-refractivity contribution is 0.0694. The highest BCUT2D eigenvalue weighted by atomic mass is 32.2. The largest absolute Gasteiger partial charge is 0.478 e. The molecule has 24 heavy (non-hydrogen) atoms. The number of aromatic nitrogens is 1. The van der Waals surface area contributed by atoms with Crippen molar-refractivity contribution in [2.45, 2.75) is 35.5 Å². The summed E-state index contributed by atoms with van der Waals surface area (Å²) < 4.78 is 0. The maximum Gasteiger partial charge on any atom is 0.335 e. The summed E-state index contributed by atoms with van der Waals surface area (Å²) in [6.07, 6.45) is 3.77. The Labute approximate surface area is 147 Å². The quantitative estimate of drug-likeness (QED) is 0.856. The van der Waals surface area contributed by atoms with E-state index in [4.69, 9.17) is 0 Å². The van der Waals surface area contributed by atoms with E-state index in [9.17, 15) is 14.7 Å². The Balaban J connectivity index is 1.73. The van der Waals surface area contributed by atoms with Gasteiger partial charge in [-0.3, -0.25) is 4.79 Å². The summed E-state index contributed by atoms with van der Waals surface area (Å²) >= 11 is 3.10. The van der Waals surface area contributed by atoms with E-state index in [0.717, 1.165) is 15.5 Å². The number of hydrogen-bond donors (Lipinski definition) is 2. The van der Waals surface area contributed by atoms with Gasteiger partial charge in [-0.25, -0.2) is 4.79 Å². The van der Waals surface area contributed by atoms with E-state index < -0.39 is 5.97 Å². The van der Waals surface area contributed by atoms with Crippen molar-refractivity contribution in [2.75, 3.05) is 0 Å². The smallest absolute Gasteiger partial charge is 0.335 e. The van der Waals surface area contributed by atoms with Crippen molar-refractivity contribution in [2.24, 2.45) is 17.8 Å². The van der Waals surface area contributed by atoms with Gasteiger partial charge in [-0.1, -0.05) is 29.5 Å². The molecule has 2 fully saturated rings. The normalized spacial score (nSPS) is 33.2. The van der Waals surface area contributed by atoms with Crippen LogP contribution in [0.5, 0.6) is 0 Å². The molecule has 124 valence electrons. The van der Waals surface area contributed by atoms with Crippen molar-refractivity contribution in [3.8, 4) is 0 Å². The molecule has 1 aliphatic heterocycles. The lowest BCUT2D eigenvalue weighted by Gasteiger charge is -2.40. The van der Waals surface area contributed by atoms with Crippen molar-refractivity contribution in [3.63, 3.8) is 0 Å². The van der Waals surface area contributed by atoms with Gasteiger partial charge in [-0.05, 0) is 48.6 Å². The van der Waals surface area contributed by atoms with E-state index >= 15 is 0 Å². The van der Waals surface area contributed by atoms with Crippen LogP contribution in [-0.2, 0) is 0 Å². The van der Waals surface area contributed by atoms with E-state index in [-0.39, 0.29) is 10.8 Å². The number of carbonyl (C=O) groups is 1. The first-order chi connectivity index (χ1) is 11.6. The molecule has 5 atom stereocenters. The van der Waals surface area contributed by atoms with Crippen LogP contribution in [0.4, 0.5) is 0 Å². The number of H-pyrrole nitrogens is 1. The standard InChI is InChI=1S/C18H17NO3S2/c20-17(21)11-4-2-1-3-10(11)13-12-8-5-6-9(7-8)14(12)23-16-15(13)24-18(22)19-16/h1-4,8-9,12-14H,5-7H2,(H,19,22)(H,20,21)/t8-,9+,12+,13-,14+/m0/s1. The number of benzene rings is 1. The molecule has 1 aromatic carbocycles. The monoisotopic (exact) mass is 359 g/mol. The summed E-state index contributed by atoms with van der Waals surface area (Å²) in [6.45, 7) is 0. The van der Waals surface area contributed by atoms with Gasteiger partial charge in [0.1, 0.15) is 0 Å². The second-order valence-corrected chi connectivity index (χ2v) is 9.27. The van der Waals surface area contributed by atoms with Crippen molar-refractivity contribution in [1.82, 2.24) is 4.98 Å². The average Bonchev–Trinajstić information content (AvgIpc) is 3.26. The van der Waals surface area contributed by atoms with Gasteiger partial charge in [-0.2, -0.15) is 0 Å². The molecule has 4 nitrogen and oxygen atoms in total. The first kappa shape index (κ1) is 14.8. The van der Waals surface area contributed by atoms with Crippen LogP contribution in [0.3, 0.4) is 0 Å². The van der Waals surface area contributed by atoms with Crippen molar-refractivity contribution >= 4 is 29.1 Å². The number of aromatic carboxylic acids is 1. The predicted octanol–water partition coefficient (Wildman–Crippen LogP) is 3.79. The lowest BCUT2D eigenvalue weighted by atomic mass is 9.74. The molecule has 2 heterocycles. The maximum absolute atomic E-state index is 12.0. The molecule has 2 saturated carbocycles. The van der Waals surface area contributed by atoms with Crippen molar-refractivity contribution in [3.05, 3.63) is 49.9 Å². The molecule has 6 heteroatoms. The first-order valence-corrected chi connectivity index (χ1v) is 10.0. The molecular formula is C18H17NO3S2. The van der Waals surface area contributed by atoms with Crippen LogP contribution in [0.1, 0.15) is 46.0 Å². The van der Waals surface area contributed by atoms with E-state index in [0.29, 0.717) is 28.6 Å². The Morgan fingerprint density at radius 2 is 2.00 bits per heavy atom. The first-order valence-electron chi connectivity index (χ1n) is 8.35. The SMILES string of the molecule is O=C(O)c1ccccc1[C@@H]1c2sc(=O)[nH]c2S[C@@H]2[C@@H]3CC[C@@H](C3)[C@H]12. The second kappa shape index (κ2) is 5.23. The Morgan fingerprint density at radius 1 is 1.21 bits per heavy atom. The van der Waals surface area contributed by atoms with Gasteiger partial charge in [0.15, 0.2) is 0 Å². The van der Waals surface area contributed by atoms with E-state index in [2.05, 4.69) is 4.98 Å². The average molecular weight is 359 g/mol. The summed E-state index contributed by atoms with van der Waals surface area (Å²) in [5.41, 5.74) is 1.26. The maximum atomic E-state index is 12.0. The third-order valence-electron chi connectivity index (χ3n) is 5.99. The van der Waals surface area contributed by atoms with Crippen LogP contribution in [0.25, 0.3) is 0 Å². The zero-order chi connectivity index (χ0) is 16.4. The number of aromatic amines is 1. The van der Waals surface area contributed by atoms with Gasteiger partial charge < -0.3 is 10.1 Å². The van der Waals surface area contributed by atoms with Crippen LogP contribution in [0.2, 0.25) is 0 Å². The second-order valence-electron chi connectivity index (χ2n) is 7.07. The van der Waals surface area contributed by atoms with Crippen molar-refractivity contribution in [1.29, 1.82) is 0 Å². The number of carboxylic acids is 1. The minimum absolute atomic E-state index is 0.0300. The topological polar surface area (TPSA) is 70.2 Å². The summed E-state index contributed by atoms with van der Waals surface area (Å²) in [4.78, 5) is 27.8. The molecule has 3 aliphatic rings. The van der Waals surface area contributed by atoms with Gasteiger partial charge in [0, 0.05) is 16.0 Å². The lowest BCUT2D eigenvalue weighted by Crippen LogP contribution is -2.34. The van der Waals surface area contributed by atoms with Crippen LogP contribution in [0, 0.1) is 17.8 Å². The molecule has 2 N–H and O–H groups in total. The van der Waals surface area contributed by atoms with Gasteiger partial charge in [0.25, 0.3) is 0 Å². The van der Waals surface area contributed by atoms with E-state index in [1.54, 1.807) is 12.1 Å². The van der Waals surface area contributed by atoms with Crippen LogP contribution >= 0.6 is 23.1 Å². The highest BCUT2D eigenvalue weighted by Crippen LogP contribution is 2.63. The van der Waals surface area contributed by atoms with Crippen LogP contribution in [0.15, 0.2) is 34.1 Å². The van der Waals surface area contributed by atoms with E-state index in [1.807, 2.05) is 23.9 Å². The summed E-state index contributed by atoms with van der Waals surface area (Å²) in [5, 5.41) is 11.1. The van der Waals surface area contributed by atoms with Crippen LogP contribution in [-0.4, -0.2) is 21.3 Å². The van der Waals surface area contributed by atoms with E-state index in [1.165, 1.54) is 30.6 Å². The number of thioether (sulfide) groups is 1. The number of thiazole rings is 1. The zero-order valence-corrected chi connectivity index (χ0v) is 14.5. The predicted molar refractivity (Wildman–Crippen MR) is 94.2 cm³/mol. The minimum atomic E-state index is -0.882. The fourth-order valence-corrected chi connectivity index (χ4v) is 8.05. The number of carboxylic acid groups (broad SMARTS) is 1. The number of hydrogen-bond acceptors (Lipinski definition) is 4. The Kier molecular flexibility index (Phi) is 3.22. The molecule has 0 amide bonds. The summed E-state index contributed by atoms with van der Waals surface area (Å²) in [5.74, 6) is 0.977. The summed E-state index contributed by atoms with van der Waals surface area (Å²) in [7, 11) is 0. The number of rotatable bonds is 2. The molecule has 0 radical (unpaired) electrons. The Hall–Kier alpha value is -1.53. The molecule has 0 saturated heterocycles. The molecule has 2 bridgehead atoms. The third-order valence-corrected chi connectivity index (χ3v) is 8.62. The zero-order valence-electron chi connectivity index (χ0n) is 12.9. The Bertz CT molecular complexity index is 886. The molecular weight excluding hydrogens is 342 g/mol. The van der Waals surface area contributed by atoms with Gasteiger partial charge in [-0.15, -0.1) is 11.8 Å². The highest BCUT2D eigenvalue weighted by Gasteiger charge is 2.55.